The Balaban J connectivity index is 2.34. The number of nitrogens with one attached hydrogen (secondary N) is 1. The van der Waals surface area contributed by atoms with Gasteiger partial charge >= 0.3 is 0 Å². The van der Waals surface area contributed by atoms with E-state index in [0.29, 0.717) is 13.1 Å². The zero-order valence-corrected chi connectivity index (χ0v) is 13.0. The van der Waals surface area contributed by atoms with Gasteiger partial charge in [0, 0.05) is 30.2 Å². The van der Waals surface area contributed by atoms with Crippen molar-refractivity contribution >= 4 is 11.6 Å². The number of nitrogens with zero attached hydrogens (tertiary/aromatic N) is 1. The van der Waals surface area contributed by atoms with Crippen LogP contribution in [0.25, 0.3) is 0 Å². The second-order valence-corrected chi connectivity index (χ2v) is 6.54. The average molecular weight is 285 g/mol. The molecule has 0 saturated carbocycles. The lowest BCUT2D eigenvalue weighted by Crippen LogP contribution is -2.44. The Labute approximate surface area is 121 Å². The standard InChI is InChI=1S/C15H25ClN2O/c1-15(2,3)17-9-14(19)11-18(4)10-12-5-7-13(16)8-6-12/h5-8,14,17,19H,9-11H2,1-4H3. The molecule has 2 N–H and O–H groups in total. The normalized spacial score (nSPS) is 13.8. The Kier molecular flexibility index (Phi) is 6.27. The smallest absolute Gasteiger partial charge is 0.0791 e. The van der Waals surface area contributed by atoms with Crippen LogP contribution in [-0.4, -0.2) is 41.8 Å². The number of hydrogen-bond donors (Lipinski definition) is 2. The maximum Gasteiger partial charge on any atom is 0.0791 e. The summed E-state index contributed by atoms with van der Waals surface area (Å²) in [5.74, 6) is 0. The maximum atomic E-state index is 9.98. The summed E-state index contributed by atoms with van der Waals surface area (Å²) in [4.78, 5) is 2.11. The van der Waals surface area contributed by atoms with Crippen molar-refractivity contribution < 1.29 is 5.11 Å². The molecule has 0 fully saturated rings. The SMILES string of the molecule is CN(Cc1ccc(Cl)cc1)CC(O)CNC(C)(C)C. The van der Waals surface area contributed by atoms with Gasteiger partial charge in [0.05, 0.1) is 6.10 Å². The molecule has 0 aliphatic heterocycles. The van der Waals surface area contributed by atoms with Gasteiger partial charge in [0.25, 0.3) is 0 Å². The molecule has 1 aromatic carbocycles. The van der Waals surface area contributed by atoms with Crippen LogP contribution in [0, 0.1) is 0 Å². The van der Waals surface area contributed by atoms with E-state index in [1.807, 2.05) is 31.3 Å². The molecule has 0 heterocycles. The molecule has 0 aliphatic carbocycles. The molecule has 1 unspecified atom stereocenters. The molecular weight excluding hydrogens is 260 g/mol. The minimum Gasteiger partial charge on any atom is -0.390 e. The van der Waals surface area contributed by atoms with Gasteiger partial charge in [0.2, 0.25) is 0 Å². The molecule has 0 amide bonds. The summed E-state index contributed by atoms with van der Waals surface area (Å²) in [7, 11) is 2.01. The van der Waals surface area contributed by atoms with Crippen molar-refractivity contribution in [2.75, 3.05) is 20.1 Å². The molecule has 3 nitrogen and oxygen atoms in total. The monoisotopic (exact) mass is 284 g/mol. The van der Waals surface area contributed by atoms with Crippen molar-refractivity contribution in [3.8, 4) is 0 Å². The largest absolute Gasteiger partial charge is 0.390 e. The average Bonchev–Trinajstić information content (AvgIpc) is 2.29. The van der Waals surface area contributed by atoms with Crippen LogP contribution in [0.15, 0.2) is 24.3 Å². The first-order valence-electron chi connectivity index (χ1n) is 6.62. The summed E-state index contributed by atoms with van der Waals surface area (Å²) in [6, 6.07) is 7.81. The van der Waals surface area contributed by atoms with E-state index in [1.54, 1.807) is 0 Å². The number of rotatable bonds is 6. The first-order valence-corrected chi connectivity index (χ1v) is 7.00. The highest BCUT2D eigenvalue weighted by molar-refractivity contribution is 6.30. The van der Waals surface area contributed by atoms with Crippen LogP contribution in [0.1, 0.15) is 26.3 Å². The van der Waals surface area contributed by atoms with E-state index < -0.39 is 0 Å². The van der Waals surface area contributed by atoms with Gasteiger partial charge in [-0.3, -0.25) is 4.90 Å². The van der Waals surface area contributed by atoms with Gasteiger partial charge in [0.15, 0.2) is 0 Å². The second kappa shape index (κ2) is 7.25. The quantitative estimate of drug-likeness (QED) is 0.843. The van der Waals surface area contributed by atoms with E-state index in [4.69, 9.17) is 11.6 Å². The molecule has 0 aliphatic rings. The predicted molar refractivity (Wildman–Crippen MR) is 81.5 cm³/mol. The molecule has 19 heavy (non-hydrogen) atoms. The highest BCUT2D eigenvalue weighted by atomic mass is 35.5. The van der Waals surface area contributed by atoms with Gasteiger partial charge in [-0.05, 0) is 45.5 Å². The van der Waals surface area contributed by atoms with Crippen LogP contribution in [0.4, 0.5) is 0 Å². The summed E-state index contributed by atoms with van der Waals surface area (Å²) in [6.45, 7) is 8.34. The molecule has 4 heteroatoms. The third-order valence-electron chi connectivity index (χ3n) is 2.76. The lowest BCUT2D eigenvalue weighted by atomic mass is 10.1. The van der Waals surface area contributed by atoms with Crippen molar-refractivity contribution in [2.45, 2.75) is 39.0 Å². The van der Waals surface area contributed by atoms with Crippen molar-refractivity contribution in [1.29, 1.82) is 0 Å². The van der Waals surface area contributed by atoms with Crippen LogP contribution in [0.2, 0.25) is 5.02 Å². The molecule has 0 radical (unpaired) electrons. The fraction of sp³-hybridized carbons (Fsp3) is 0.600. The Morgan fingerprint density at radius 2 is 1.84 bits per heavy atom. The Hall–Kier alpha value is -0.610. The van der Waals surface area contributed by atoms with Crippen LogP contribution < -0.4 is 5.32 Å². The fourth-order valence-corrected chi connectivity index (χ4v) is 1.94. The van der Waals surface area contributed by atoms with E-state index >= 15 is 0 Å². The summed E-state index contributed by atoms with van der Waals surface area (Å²) < 4.78 is 0. The zero-order chi connectivity index (χ0) is 14.5. The molecule has 0 aromatic heterocycles. The zero-order valence-electron chi connectivity index (χ0n) is 12.3. The highest BCUT2D eigenvalue weighted by Gasteiger charge is 2.13. The van der Waals surface area contributed by atoms with Crippen molar-refractivity contribution in [3.63, 3.8) is 0 Å². The number of likely N-dealkylation sites (N-methyl/N-ethyl adjacent to an activating group) is 1. The van der Waals surface area contributed by atoms with Crippen molar-refractivity contribution in [2.24, 2.45) is 0 Å². The van der Waals surface area contributed by atoms with E-state index in [9.17, 15) is 5.11 Å². The van der Waals surface area contributed by atoms with Gasteiger partial charge in [-0.15, -0.1) is 0 Å². The number of benzene rings is 1. The fourth-order valence-electron chi connectivity index (χ4n) is 1.81. The number of hydrogen-bond acceptors (Lipinski definition) is 3. The molecule has 1 rings (SSSR count). The summed E-state index contributed by atoms with van der Waals surface area (Å²) >= 11 is 5.85. The topological polar surface area (TPSA) is 35.5 Å². The molecular formula is C15H25ClN2O. The first-order chi connectivity index (χ1) is 8.76. The van der Waals surface area contributed by atoms with Gasteiger partial charge in [-0.25, -0.2) is 0 Å². The number of aliphatic hydroxyl groups excluding tert-OH is 1. The van der Waals surface area contributed by atoms with Crippen LogP contribution in [0.3, 0.4) is 0 Å². The molecule has 1 aromatic rings. The Morgan fingerprint density at radius 1 is 1.26 bits per heavy atom. The first kappa shape index (κ1) is 16.4. The van der Waals surface area contributed by atoms with E-state index in [0.717, 1.165) is 11.6 Å². The van der Waals surface area contributed by atoms with Crippen molar-refractivity contribution in [1.82, 2.24) is 10.2 Å². The molecule has 108 valence electrons. The van der Waals surface area contributed by atoms with Crippen LogP contribution in [0.5, 0.6) is 0 Å². The van der Waals surface area contributed by atoms with E-state index in [1.165, 1.54) is 5.56 Å². The Morgan fingerprint density at radius 3 is 2.37 bits per heavy atom. The number of aliphatic hydroxyl groups is 1. The molecule has 0 saturated heterocycles. The third kappa shape index (κ3) is 7.53. The molecule has 0 bridgehead atoms. The molecule has 1 atom stereocenters. The number of β-amino-alcohol motifs (C(OH)–C–C–N with tert-alkyl or cyclic N) is 1. The summed E-state index contributed by atoms with van der Waals surface area (Å²) in [5, 5.41) is 14.0. The van der Waals surface area contributed by atoms with Gasteiger partial charge in [0.1, 0.15) is 0 Å². The third-order valence-corrected chi connectivity index (χ3v) is 3.01. The minimum absolute atomic E-state index is 0.0374. The minimum atomic E-state index is -0.364. The second-order valence-electron chi connectivity index (χ2n) is 6.11. The van der Waals surface area contributed by atoms with Crippen LogP contribution >= 0.6 is 11.6 Å². The maximum absolute atomic E-state index is 9.98. The van der Waals surface area contributed by atoms with Gasteiger partial charge in [-0.1, -0.05) is 23.7 Å². The lowest BCUT2D eigenvalue weighted by molar-refractivity contribution is 0.114. The van der Waals surface area contributed by atoms with Gasteiger partial charge < -0.3 is 10.4 Å². The number of halogens is 1. The van der Waals surface area contributed by atoms with E-state index in [2.05, 4.69) is 31.0 Å². The van der Waals surface area contributed by atoms with Crippen LogP contribution in [-0.2, 0) is 6.54 Å². The summed E-state index contributed by atoms with van der Waals surface area (Å²) in [5.41, 5.74) is 1.23. The lowest BCUT2D eigenvalue weighted by Gasteiger charge is -2.25. The van der Waals surface area contributed by atoms with E-state index in [-0.39, 0.29) is 11.6 Å². The van der Waals surface area contributed by atoms with Crippen molar-refractivity contribution in [3.05, 3.63) is 34.9 Å². The summed E-state index contributed by atoms with van der Waals surface area (Å²) in [6.07, 6.45) is -0.364. The predicted octanol–water partition coefficient (Wildman–Crippen LogP) is 2.52. The highest BCUT2D eigenvalue weighted by Crippen LogP contribution is 2.11. The molecule has 0 spiro atoms. The Bertz CT molecular complexity index is 373. The van der Waals surface area contributed by atoms with Gasteiger partial charge in [-0.2, -0.15) is 0 Å².